The number of carbonyl (C=O) groups excluding carboxylic acids is 1. The molecule has 1 N–H and O–H groups in total. The van der Waals surface area contributed by atoms with Crippen LogP contribution in [0.1, 0.15) is 24.2 Å². The van der Waals surface area contributed by atoms with Gasteiger partial charge in [-0.2, -0.15) is 0 Å². The summed E-state index contributed by atoms with van der Waals surface area (Å²) in [5.41, 5.74) is 0.907. The number of anilines is 1. The molecule has 0 saturated carbocycles. The zero-order valence-electron chi connectivity index (χ0n) is 15.8. The fourth-order valence-corrected chi connectivity index (χ4v) is 3.28. The number of hydrogen-bond donors (Lipinski definition) is 1. The molecular formula is C20H21BrClNO5. The van der Waals surface area contributed by atoms with Gasteiger partial charge in [0.05, 0.1) is 24.4 Å². The van der Waals surface area contributed by atoms with Crippen LogP contribution >= 0.6 is 27.5 Å². The molecular weight excluding hydrogens is 450 g/mol. The molecule has 0 unspecified atom stereocenters. The predicted molar refractivity (Wildman–Crippen MR) is 111 cm³/mol. The Balaban J connectivity index is 1.84. The number of methoxy groups -OCH3 is 1. The van der Waals surface area contributed by atoms with E-state index in [4.69, 9.17) is 30.5 Å². The predicted octanol–water partition coefficient (Wildman–Crippen LogP) is 5.17. The lowest BCUT2D eigenvalue weighted by molar-refractivity contribution is 0.102. The molecule has 0 aromatic heterocycles. The van der Waals surface area contributed by atoms with E-state index in [-0.39, 0.29) is 5.91 Å². The Labute approximate surface area is 177 Å². The molecule has 6 nitrogen and oxygen atoms in total. The Kier molecular flexibility index (Phi) is 6.57. The lowest BCUT2D eigenvalue weighted by Crippen LogP contribution is -2.17. The second-order valence-electron chi connectivity index (χ2n) is 6.62. The van der Waals surface area contributed by atoms with Crippen molar-refractivity contribution in [3.63, 3.8) is 0 Å². The van der Waals surface area contributed by atoms with Gasteiger partial charge in [0, 0.05) is 22.2 Å². The van der Waals surface area contributed by atoms with Gasteiger partial charge in [-0.05, 0) is 34.0 Å². The first-order chi connectivity index (χ1) is 13.4. The van der Waals surface area contributed by atoms with Gasteiger partial charge in [-0.25, -0.2) is 0 Å². The van der Waals surface area contributed by atoms with Crippen LogP contribution in [0.15, 0.2) is 28.7 Å². The number of fused-ring (bicyclic) bond motifs is 1. The summed E-state index contributed by atoms with van der Waals surface area (Å²) < 4.78 is 22.9. The van der Waals surface area contributed by atoms with Crippen LogP contribution in [0.4, 0.5) is 5.69 Å². The Hall–Kier alpha value is -2.12. The van der Waals surface area contributed by atoms with E-state index in [2.05, 4.69) is 21.2 Å². The largest absolute Gasteiger partial charge is 0.493 e. The van der Waals surface area contributed by atoms with Crippen molar-refractivity contribution in [1.82, 2.24) is 0 Å². The third kappa shape index (κ3) is 4.64. The van der Waals surface area contributed by atoms with Crippen molar-refractivity contribution in [1.29, 1.82) is 0 Å². The van der Waals surface area contributed by atoms with E-state index in [1.165, 1.54) is 7.11 Å². The van der Waals surface area contributed by atoms with E-state index >= 15 is 0 Å². The normalized spacial score (nSPS) is 12.6. The maximum Gasteiger partial charge on any atom is 0.255 e. The third-order valence-electron chi connectivity index (χ3n) is 3.93. The standard InChI is InChI=1S/C20H21BrClNO5/c1-11(2)10-28-19-14(22)6-12(7-18(19)25-3)20(24)23-15-9-17-16(8-13(15)21)26-4-5-27-17/h6-9,11H,4-5,10H2,1-3H3,(H,23,24). The van der Waals surface area contributed by atoms with E-state index in [1.807, 2.05) is 13.8 Å². The van der Waals surface area contributed by atoms with Gasteiger partial charge in [-0.15, -0.1) is 0 Å². The first kappa shape index (κ1) is 20.6. The van der Waals surface area contributed by atoms with Crippen molar-refractivity contribution >= 4 is 39.1 Å². The number of benzene rings is 2. The molecule has 0 radical (unpaired) electrons. The molecule has 1 aliphatic rings. The van der Waals surface area contributed by atoms with Gasteiger partial charge in [0.2, 0.25) is 0 Å². The molecule has 2 aromatic rings. The number of carbonyl (C=O) groups is 1. The summed E-state index contributed by atoms with van der Waals surface area (Å²) in [7, 11) is 1.51. The summed E-state index contributed by atoms with van der Waals surface area (Å²) in [6.45, 7) is 5.52. The van der Waals surface area contributed by atoms with Crippen LogP contribution in [-0.2, 0) is 0 Å². The van der Waals surface area contributed by atoms with Crippen LogP contribution in [0.3, 0.4) is 0 Å². The van der Waals surface area contributed by atoms with Crippen LogP contribution in [0, 0.1) is 5.92 Å². The van der Waals surface area contributed by atoms with Crippen molar-refractivity contribution in [2.24, 2.45) is 5.92 Å². The highest BCUT2D eigenvalue weighted by Gasteiger charge is 2.19. The topological polar surface area (TPSA) is 66.0 Å². The molecule has 150 valence electrons. The van der Waals surface area contributed by atoms with Gasteiger partial charge in [0.1, 0.15) is 13.2 Å². The molecule has 2 aromatic carbocycles. The van der Waals surface area contributed by atoms with Crippen molar-refractivity contribution < 1.29 is 23.7 Å². The minimum atomic E-state index is -0.340. The molecule has 1 heterocycles. The average molecular weight is 471 g/mol. The van der Waals surface area contributed by atoms with Crippen molar-refractivity contribution in [3.8, 4) is 23.0 Å². The lowest BCUT2D eigenvalue weighted by Gasteiger charge is -2.20. The minimum absolute atomic E-state index is 0.311. The maximum atomic E-state index is 12.8. The summed E-state index contributed by atoms with van der Waals surface area (Å²) in [4.78, 5) is 12.8. The fourth-order valence-electron chi connectivity index (χ4n) is 2.60. The van der Waals surface area contributed by atoms with Crippen LogP contribution in [-0.4, -0.2) is 32.8 Å². The molecule has 0 spiro atoms. The van der Waals surface area contributed by atoms with Gasteiger partial charge in [-0.3, -0.25) is 4.79 Å². The zero-order valence-corrected chi connectivity index (χ0v) is 18.1. The molecule has 1 amide bonds. The molecule has 28 heavy (non-hydrogen) atoms. The van der Waals surface area contributed by atoms with Gasteiger partial charge < -0.3 is 24.3 Å². The molecule has 0 bridgehead atoms. The first-order valence-corrected chi connectivity index (χ1v) is 9.97. The quantitative estimate of drug-likeness (QED) is 0.631. The lowest BCUT2D eigenvalue weighted by atomic mass is 10.1. The fraction of sp³-hybridized carbons (Fsp3) is 0.350. The molecule has 0 saturated heterocycles. The van der Waals surface area contributed by atoms with Gasteiger partial charge >= 0.3 is 0 Å². The first-order valence-electron chi connectivity index (χ1n) is 8.80. The van der Waals surface area contributed by atoms with Gasteiger partial charge in [0.15, 0.2) is 23.0 Å². The van der Waals surface area contributed by atoms with Crippen LogP contribution in [0.25, 0.3) is 0 Å². The number of hydrogen-bond acceptors (Lipinski definition) is 5. The average Bonchev–Trinajstić information content (AvgIpc) is 2.66. The van der Waals surface area contributed by atoms with Crippen molar-refractivity contribution in [2.45, 2.75) is 13.8 Å². The van der Waals surface area contributed by atoms with Crippen LogP contribution < -0.4 is 24.3 Å². The van der Waals surface area contributed by atoms with E-state index in [0.717, 1.165) is 0 Å². The van der Waals surface area contributed by atoms with Crippen LogP contribution in [0.5, 0.6) is 23.0 Å². The highest BCUT2D eigenvalue weighted by atomic mass is 79.9. The molecule has 3 rings (SSSR count). The van der Waals surface area contributed by atoms with E-state index in [9.17, 15) is 4.79 Å². The van der Waals surface area contributed by atoms with Gasteiger partial charge in [-0.1, -0.05) is 25.4 Å². The third-order valence-corrected chi connectivity index (χ3v) is 4.87. The Morgan fingerprint density at radius 2 is 1.89 bits per heavy atom. The number of halogens is 2. The molecule has 0 fully saturated rings. The Morgan fingerprint density at radius 3 is 2.54 bits per heavy atom. The summed E-state index contributed by atoms with van der Waals surface area (Å²) in [5.74, 6) is 2.03. The van der Waals surface area contributed by atoms with Crippen molar-refractivity contribution in [2.75, 3.05) is 32.2 Å². The molecule has 8 heteroatoms. The number of nitrogens with one attached hydrogen (secondary N) is 1. The van der Waals surface area contributed by atoms with E-state index in [0.29, 0.717) is 69.5 Å². The summed E-state index contributed by atoms with van der Waals surface area (Å²) in [5, 5.41) is 3.16. The smallest absolute Gasteiger partial charge is 0.255 e. The monoisotopic (exact) mass is 469 g/mol. The van der Waals surface area contributed by atoms with Gasteiger partial charge in [0.25, 0.3) is 5.91 Å². The summed E-state index contributed by atoms with van der Waals surface area (Å²) in [6.07, 6.45) is 0. The molecule has 1 aliphatic heterocycles. The highest BCUT2D eigenvalue weighted by Crippen LogP contribution is 2.39. The summed E-state index contributed by atoms with van der Waals surface area (Å²) in [6, 6.07) is 6.64. The molecule has 0 aliphatic carbocycles. The SMILES string of the molecule is COc1cc(C(=O)Nc2cc3c(cc2Br)OCCO3)cc(Cl)c1OCC(C)C. The molecule has 0 atom stereocenters. The van der Waals surface area contributed by atoms with Crippen LogP contribution in [0.2, 0.25) is 5.02 Å². The minimum Gasteiger partial charge on any atom is -0.493 e. The second kappa shape index (κ2) is 8.92. The zero-order chi connectivity index (χ0) is 20.3. The maximum absolute atomic E-state index is 12.8. The number of ether oxygens (including phenoxy) is 4. The highest BCUT2D eigenvalue weighted by molar-refractivity contribution is 9.10. The van der Waals surface area contributed by atoms with E-state index < -0.39 is 0 Å². The Morgan fingerprint density at radius 1 is 1.21 bits per heavy atom. The summed E-state index contributed by atoms with van der Waals surface area (Å²) >= 11 is 9.78. The Bertz CT molecular complexity index is 887. The van der Waals surface area contributed by atoms with Crippen molar-refractivity contribution in [3.05, 3.63) is 39.3 Å². The number of amides is 1. The number of rotatable bonds is 6. The van der Waals surface area contributed by atoms with E-state index in [1.54, 1.807) is 24.3 Å². The second-order valence-corrected chi connectivity index (χ2v) is 7.89.